The summed E-state index contributed by atoms with van der Waals surface area (Å²) in [6.07, 6.45) is 0. The molecule has 1 heterocycles. The molecule has 8 nitrogen and oxygen atoms in total. The van der Waals surface area contributed by atoms with Crippen LogP contribution in [0.3, 0.4) is 0 Å². The maximum Gasteiger partial charge on any atom is 0.272 e. The van der Waals surface area contributed by atoms with Crippen LogP contribution in [0.2, 0.25) is 0 Å². The number of aromatic nitrogens is 1. The number of amides is 1. The van der Waals surface area contributed by atoms with E-state index in [1.54, 1.807) is 31.2 Å². The molecule has 1 amide bonds. The highest BCUT2D eigenvalue weighted by molar-refractivity contribution is 6.04. The van der Waals surface area contributed by atoms with Crippen molar-refractivity contribution < 1.29 is 19.2 Å². The highest BCUT2D eigenvalue weighted by Crippen LogP contribution is 2.33. The highest BCUT2D eigenvalue weighted by Gasteiger charge is 2.16. The number of nitrogens with zero attached hydrogens (tertiary/aromatic N) is 2. The lowest BCUT2D eigenvalue weighted by Crippen LogP contribution is -2.12. The predicted octanol–water partition coefficient (Wildman–Crippen LogP) is 4.67. The number of nitro groups is 1. The number of benzene rings is 3. The van der Waals surface area contributed by atoms with Gasteiger partial charge >= 0.3 is 0 Å². The molecule has 8 heteroatoms. The number of rotatable bonds is 4. The van der Waals surface area contributed by atoms with Crippen molar-refractivity contribution >= 4 is 28.4 Å². The first-order valence-corrected chi connectivity index (χ1v) is 8.68. The van der Waals surface area contributed by atoms with E-state index in [0.29, 0.717) is 27.9 Å². The number of carbonyl (C=O) groups excluding carboxylic acids is 1. The Balaban J connectivity index is 1.57. The number of hydrogen-bond acceptors (Lipinski definition) is 6. The van der Waals surface area contributed by atoms with Gasteiger partial charge in [-0.2, -0.15) is 0 Å². The molecule has 0 bridgehead atoms. The van der Waals surface area contributed by atoms with E-state index in [4.69, 9.17) is 4.42 Å². The van der Waals surface area contributed by atoms with Crippen LogP contribution in [-0.4, -0.2) is 20.9 Å². The highest BCUT2D eigenvalue weighted by atomic mass is 16.6. The van der Waals surface area contributed by atoms with E-state index in [1.165, 1.54) is 24.3 Å². The fourth-order valence-electron chi connectivity index (χ4n) is 2.98. The molecule has 2 N–H and O–H groups in total. The van der Waals surface area contributed by atoms with Gasteiger partial charge in [-0.3, -0.25) is 14.9 Å². The van der Waals surface area contributed by atoms with Crippen LogP contribution >= 0.6 is 0 Å². The second kappa shape index (κ2) is 7.08. The lowest BCUT2D eigenvalue weighted by Gasteiger charge is -2.08. The predicted molar refractivity (Wildman–Crippen MR) is 107 cm³/mol. The van der Waals surface area contributed by atoms with E-state index in [2.05, 4.69) is 10.3 Å². The van der Waals surface area contributed by atoms with Crippen LogP contribution in [0.1, 0.15) is 15.9 Å². The van der Waals surface area contributed by atoms with Crippen LogP contribution in [0.5, 0.6) is 5.75 Å². The van der Waals surface area contributed by atoms with Crippen LogP contribution in [0, 0.1) is 17.0 Å². The molecular formula is C21H15N3O5. The summed E-state index contributed by atoms with van der Waals surface area (Å²) in [6.45, 7) is 1.57. The van der Waals surface area contributed by atoms with Crippen molar-refractivity contribution in [2.24, 2.45) is 0 Å². The number of aryl methyl sites for hydroxylation is 1. The van der Waals surface area contributed by atoms with Crippen LogP contribution in [0.25, 0.3) is 22.6 Å². The molecule has 4 aromatic rings. The van der Waals surface area contributed by atoms with E-state index in [9.17, 15) is 20.0 Å². The number of fused-ring (bicyclic) bond motifs is 1. The third kappa shape index (κ3) is 3.51. The van der Waals surface area contributed by atoms with Crippen molar-refractivity contribution in [1.29, 1.82) is 0 Å². The van der Waals surface area contributed by atoms with E-state index >= 15 is 0 Å². The zero-order valence-corrected chi connectivity index (χ0v) is 15.2. The molecule has 0 unspecified atom stereocenters. The second-order valence-electron chi connectivity index (χ2n) is 6.43. The van der Waals surface area contributed by atoms with Gasteiger partial charge in [0, 0.05) is 28.9 Å². The molecule has 0 fully saturated rings. The summed E-state index contributed by atoms with van der Waals surface area (Å²) >= 11 is 0. The molecule has 29 heavy (non-hydrogen) atoms. The van der Waals surface area contributed by atoms with Crippen molar-refractivity contribution in [3.63, 3.8) is 0 Å². The first-order valence-electron chi connectivity index (χ1n) is 8.68. The van der Waals surface area contributed by atoms with Crippen LogP contribution in [-0.2, 0) is 0 Å². The van der Waals surface area contributed by atoms with Gasteiger partial charge in [0.1, 0.15) is 11.3 Å². The van der Waals surface area contributed by atoms with E-state index in [1.807, 2.05) is 12.1 Å². The number of anilines is 1. The minimum absolute atomic E-state index is 0.0538. The molecule has 0 atom stereocenters. The van der Waals surface area contributed by atoms with Gasteiger partial charge in [-0.1, -0.05) is 12.1 Å². The Kier molecular flexibility index (Phi) is 4.44. The van der Waals surface area contributed by atoms with Gasteiger partial charge in [0.15, 0.2) is 5.58 Å². The van der Waals surface area contributed by atoms with Gasteiger partial charge in [0.25, 0.3) is 11.6 Å². The number of phenols is 1. The van der Waals surface area contributed by atoms with Crippen molar-refractivity contribution in [2.75, 3.05) is 5.32 Å². The lowest BCUT2D eigenvalue weighted by molar-refractivity contribution is -0.385. The molecule has 3 aromatic carbocycles. The minimum Gasteiger partial charge on any atom is -0.507 e. The Labute approximate surface area is 164 Å². The van der Waals surface area contributed by atoms with Gasteiger partial charge in [-0.05, 0) is 43.3 Å². The molecule has 1 aromatic heterocycles. The molecule has 0 saturated carbocycles. The summed E-state index contributed by atoms with van der Waals surface area (Å²) in [6, 6.07) is 16.0. The molecule has 0 aliphatic rings. The molecule has 0 saturated heterocycles. The Bertz CT molecular complexity index is 1230. The topological polar surface area (TPSA) is 118 Å². The Morgan fingerprint density at radius 2 is 1.93 bits per heavy atom. The summed E-state index contributed by atoms with van der Waals surface area (Å²) in [5.41, 5.74) is 2.64. The summed E-state index contributed by atoms with van der Waals surface area (Å²) in [5.74, 6) is -0.279. The van der Waals surface area contributed by atoms with Crippen LogP contribution in [0.4, 0.5) is 11.4 Å². The molecule has 0 spiro atoms. The van der Waals surface area contributed by atoms with Crippen LogP contribution < -0.4 is 5.32 Å². The molecule has 4 rings (SSSR count). The van der Waals surface area contributed by atoms with Gasteiger partial charge in [-0.25, -0.2) is 4.98 Å². The normalized spacial score (nSPS) is 10.8. The fourth-order valence-corrected chi connectivity index (χ4v) is 2.98. The van der Waals surface area contributed by atoms with Gasteiger partial charge in [0.2, 0.25) is 5.89 Å². The van der Waals surface area contributed by atoms with Crippen LogP contribution in [0.15, 0.2) is 65.1 Å². The summed E-state index contributed by atoms with van der Waals surface area (Å²) < 4.78 is 5.66. The first kappa shape index (κ1) is 18.2. The third-order valence-electron chi connectivity index (χ3n) is 4.44. The van der Waals surface area contributed by atoms with Gasteiger partial charge < -0.3 is 14.8 Å². The largest absolute Gasteiger partial charge is 0.507 e. The number of oxazole rings is 1. The first-order chi connectivity index (χ1) is 13.9. The van der Waals surface area contributed by atoms with E-state index in [-0.39, 0.29) is 22.9 Å². The van der Waals surface area contributed by atoms with Gasteiger partial charge in [-0.15, -0.1) is 0 Å². The standard InChI is InChI=1S/C21H15N3O5/c1-12-10-13(6-9-17(12)24(27)28)20(26)22-14-7-8-15(18(25)11-14)21-23-16-4-2-3-5-19(16)29-21/h2-11,25H,1H3,(H,22,26). The van der Waals surface area contributed by atoms with E-state index in [0.717, 1.165) is 0 Å². The van der Waals surface area contributed by atoms with Crippen molar-refractivity contribution in [2.45, 2.75) is 6.92 Å². The Morgan fingerprint density at radius 3 is 2.62 bits per heavy atom. The smallest absolute Gasteiger partial charge is 0.272 e. The Hall–Kier alpha value is -4.20. The molecule has 144 valence electrons. The SMILES string of the molecule is Cc1cc(C(=O)Nc2ccc(-c3nc4ccccc4o3)c(O)c2)ccc1[N+](=O)[O-]. The number of para-hydroxylation sites is 2. The van der Waals surface area contributed by atoms with Crippen molar-refractivity contribution in [1.82, 2.24) is 4.98 Å². The molecule has 0 aliphatic heterocycles. The quantitative estimate of drug-likeness (QED) is 0.387. The summed E-state index contributed by atoms with van der Waals surface area (Å²) in [4.78, 5) is 27.2. The molecule has 0 radical (unpaired) electrons. The summed E-state index contributed by atoms with van der Waals surface area (Å²) in [5, 5.41) is 23.9. The monoisotopic (exact) mass is 389 g/mol. The Morgan fingerprint density at radius 1 is 1.14 bits per heavy atom. The second-order valence-corrected chi connectivity index (χ2v) is 6.43. The maximum atomic E-state index is 12.4. The zero-order valence-electron chi connectivity index (χ0n) is 15.2. The minimum atomic E-state index is -0.500. The van der Waals surface area contributed by atoms with Crippen molar-refractivity contribution in [3.8, 4) is 17.2 Å². The zero-order chi connectivity index (χ0) is 20.5. The average Bonchev–Trinajstić information content (AvgIpc) is 3.11. The average molecular weight is 389 g/mol. The number of hydrogen-bond donors (Lipinski definition) is 2. The number of carbonyl (C=O) groups is 1. The number of nitrogens with one attached hydrogen (secondary N) is 1. The number of aromatic hydroxyl groups is 1. The maximum absolute atomic E-state index is 12.4. The third-order valence-corrected chi connectivity index (χ3v) is 4.44. The van der Waals surface area contributed by atoms with Gasteiger partial charge in [0.05, 0.1) is 10.5 Å². The lowest BCUT2D eigenvalue weighted by atomic mass is 10.1. The fraction of sp³-hybridized carbons (Fsp3) is 0.0476. The molecule has 0 aliphatic carbocycles. The van der Waals surface area contributed by atoms with Crippen molar-refractivity contribution in [3.05, 3.63) is 81.9 Å². The number of nitro benzene ring substituents is 1. The number of phenolic OH excluding ortho intramolecular Hbond substituents is 1. The molecular weight excluding hydrogens is 374 g/mol. The van der Waals surface area contributed by atoms with E-state index < -0.39 is 10.8 Å². The summed E-state index contributed by atoms with van der Waals surface area (Å²) in [7, 11) is 0.